The Morgan fingerprint density at radius 2 is 1.38 bits per heavy atom. The Bertz CT molecular complexity index is 2680. The fourth-order valence-corrected chi connectivity index (χ4v) is 9.40. The van der Waals surface area contributed by atoms with Gasteiger partial charge in [0.05, 0.1) is 12.2 Å². The number of aryl methyl sites for hydroxylation is 1. The Hall–Kier alpha value is -6.36. The highest BCUT2D eigenvalue weighted by Crippen LogP contribution is 2.41. The van der Waals surface area contributed by atoms with E-state index in [9.17, 15) is 24.3 Å². The van der Waals surface area contributed by atoms with Gasteiger partial charge in [0, 0.05) is 73.5 Å². The third-order valence-electron chi connectivity index (χ3n) is 13.3. The van der Waals surface area contributed by atoms with E-state index in [1.54, 1.807) is 16.4 Å². The molecule has 2 amide bonds. The topological polar surface area (TPSA) is 121 Å². The SMILES string of the molecule is CCC=CCC=CCC=CCC=CCC=CCC=CCCC(=O)Nc1ccc(CN2CCN(C(=O)Oc3ccc4cc5c(cc4c3CC)Cn3c-5cc4c(c3=O)CCC(=O)C4(O)CC)CC2)cc1. The quantitative estimate of drug-likeness (QED) is 0.0746. The summed E-state index contributed by atoms with van der Waals surface area (Å²) in [5.41, 5.74) is 4.62. The molecule has 1 aromatic heterocycles. The maximum absolute atomic E-state index is 13.7. The van der Waals surface area contributed by atoms with Gasteiger partial charge in [-0.1, -0.05) is 112 Å². The molecule has 2 N–H and O–H groups in total. The lowest BCUT2D eigenvalue weighted by Gasteiger charge is -2.34. The summed E-state index contributed by atoms with van der Waals surface area (Å²) in [6.45, 7) is 9.61. The molecule has 10 heteroatoms. The number of allylic oxidation sites excluding steroid dienone is 12. The molecule has 1 fully saturated rings. The number of aliphatic hydroxyl groups is 1. The number of benzene rings is 3. The van der Waals surface area contributed by atoms with Gasteiger partial charge in [0.25, 0.3) is 5.56 Å². The normalized spacial score (nSPS) is 17.5. The van der Waals surface area contributed by atoms with Crippen molar-refractivity contribution in [3.8, 4) is 17.0 Å². The van der Waals surface area contributed by atoms with Crippen LogP contribution in [0.1, 0.15) is 113 Å². The number of anilines is 1. The van der Waals surface area contributed by atoms with E-state index in [2.05, 4.69) is 102 Å². The minimum Gasteiger partial charge on any atom is -0.410 e. The van der Waals surface area contributed by atoms with Crippen LogP contribution in [0, 0.1) is 0 Å². The summed E-state index contributed by atoms with van der Waals surface area (Å²) in [6, 6.07) is 17.8. The summed E-state index contributed by atoms with van der Waals surface area (Å²) in [5.74, 6) is 0.287. The number of aromatic nitrogens is 1. The minimum atomic E-state index is -1.64. The van der Waals surface area contributed by atoms with Crippen molar-refractivity contribution in [2.75, 3.05) is 31.5 Å². The Kier molecular flexibility index (Phi) is 17.5. The number of pyridine rings is 1. The highest BCUT2D eigenvalue weighted by atomic mass is 16.6. The van der Waals surface area contributed by atoms with Gasteiger partial charge < -0.3 is 24.6 Å². The van der Waals surface area contributed by atoms with Gasteiger partial charge in [0.15, 0.2) is 5.78 Å². The number of Topliss-reactive ketones (excluding diaryl/α,β-unsaturated/α-hetero) is 1. The van der Waals surface area contributed by atoms with Crippen molar-refractivity contribution in [3.05, 3.63) is 166 Å². The molecule has 1 atom stereocenters. The van der Waals surface area contributed by atoms with Gasteiger partial charge in [-0.25, -0.2) is 4.79 Å². The highest BCUT2D eigenvalue weighted by molar-refractivity contribution is 5.95. The van der Waals surface area contributed by atoms with Gasteiger partial charge in [0.1, 0.15) is 11.4 Å². The number of fused-ring (bicyclic) bond motifs is 5. The fraction of sp³-hybridized carbons (Fsp3) is 0.379. The smallest absolute Gasteiger partial charge is 0.410 e. The second-order valence-corrected chi connectivity index (χ2v) is 17.9. The maximum atomic E-state index is 13.7. The average molecular weight is 917 g/mol. The molecular formula is C58H68N4O6. The molecule has 0 spiro atoms. The second-order valence-electron chi connectivity index (χ2n) is 17.9. The molecule has 3 aromatic carbocycles. The van der Waals surface area contributed by atoms with Crippen LogP contribution in [-0.4, -0.2) is 63.4 Å². The predicted molar refractivity (Wildman–Crippen MR) is 275 cm³/mol. The largest absolute Gasteiger partial charge is 0.415 e. The van der Waals surface area contributed by atoms with Crippen molar-refractivity contribution in [1.29, 1.82) is 0 Å². The molecular weight excluding hydrogens is 849 g/mol. The Labute approximate surface area is 402 Å². The van der Waals surface area contributed by atoms with Crippen molar-refractivity contribution in [2.45, 2.75) is 117 Å². The van der Waals surface area contributed by atoms with Crippen LogP contribution >= 0.6 is 0 Å². The molecule has 0 bridgehead atoms. The van der Waals surface area contributed by atoms with Crippen molar-refractivity contribution in [1.82, 2.24) is 14.4 Å². The van der Waals surface area contributed by atoms with E-state index in [0.29, 0.717) is 81.0 Å². The van der Waals surface area contributed by atoms with Crippen LogP contribution in [0.3, 0.4) is 0 Å². The fourth-order valence-electron chi connectivity index (χ4n) is 9.40. The zero-order chi connectivity index (χ0) is 47.9. The van der Waals surface area contributed by atoms with Crippen molar-refractivity contribution in [3.63, 3.8) is 0 Å². The third-order valence-corrected chi connectivity index (χ3v) is 13.3. The van der Waals surface area contributed by atoms with Crippen molar-refractivity contribution >= 4 is 34.2 Å². The number of piperazine rings is 1. The number of nitrogens with one attached hydrogen (secondary N) is 1. The number of ether oxygens (including phenoxy) is 1. The van der Waals surface area contributed by atoms with E-state index in [4.69, 9.17) is 4.74 Å². The number of hydrogen-bond acceptors (Lipinski definition) is 7. The van der Waals surface area contributed by atoms with Crippen molar-refractivity contribution in [2.24, 2.45) is 0 Å². The molecule has 1 aliphatic carbocycles. The van der Waals surface area contributed by atoms with E-state index in [0.717, 1.165) is 83.8 Å². The Morgan fingerprint density at radius 1 is 0.750 bits per heavy atom. The molecule has 3 aliphatic rings. The number of rotatable bonds is 20. The first-order valence-corrected chi connectivity index (χ1v) is 24.7. The van der Waals surface area contributed by atoms with Gasteiger partial charge in [0.2, 0.25) is 5.91 Å². The van der Waals surface area contributed by atoms with Crippen LogP contribution in [0.5, 0.6) is 5.75 Å². The summed E-state index contributed by atoms with van der Waals surface area (Å²) in [5, 5.41) is 16.3. The van der Waals surface area contributed by atoms with E-state index < -0.39 is 5.60 Å². The van der Waals surface area contributed by atoms with E-state index in [1.807, 2.05) is 49.4 Å². The van der Waals surface area contributed by atoms with Crippen LogP contribution in [0.15, 0.2) is 132 Å². The molecule has 0 radical (unpaired) electrons. The first-order valence-electron chi connectivity index (χ1n) is 24.7. The summed E-state index contributed by atoms with van der Waals surface area (Å²) < 4.78 is 7.84. The number of hydrogen-bond donors (Lipinski definition) is 2. The summed E-state index contributed by atoms with van der Waals surface area (Å²) in [4.78, 5) is 56.8. The zero-order valence-electron chi connectivity index (χ0n) is 40.2. The van der Waals surface area contributed by atoms with Crippen LogP contribution in [-0.2, 0) is 41.1 Å². The second kappa shape index (κ2) is 24.1. The molecule has 1 unspecified atom stereocenters. The molecule has 1 saturated heterocycles. The van der Waals surface area contributed by atoms with Gasteiger partial charge >= 0.3 is 6.09 Å². The number of nitrogens with zero attached hydrogens (tertiary/aromatic N) is 3. The van der Waals surface area contributed by atoms with E-state index in [-0.39, 0.29) is 36.2 Å². The maximum Gasteiger partial charge on any atom is 0.415 e. The monoisotopic (exact) mass is 917 g/mol. The van der Waals surface area contributed by atoms with Gasteiger partial charge in [-0.05, 0) is 123 Å². The lowest BCUT2D eigenvalue weighted by molar-refractivity contribution is -0.140. The lowest BCUT2D eigenvalue weighted by atomic mass is 9.76. The standard InChI is InChI=1S/C58H68N4O6/c1-4-7-8-9-10-11-12-13-14-15-16-17-18-19-20-21-22-23-24-25-55(64)59-46-29-26-43(27-30-46)41-60-34-36-61(37-35-60)57(66)68-53-32-28-44-38-50-45(39-49(44)47(53)5-2)42-62-52(50)40-51-48(56(62)65)31-33-54(63)58(51,67)6-3/h7-8,10-11,13-14,16-17,19-20,22-23,26-30,32,38-40,67H,4-6,9,12,15,18,21,24-25,31,33-37,41-42H2,1-3H3,(H,59,64). The van der Waals surface area contributed by atoms with Crippen molar-refractivity contribution < 1.29 is 24.2 Å². The molecule has 4 aromatic rings. The third kappa shape index (κ3) is 12.2. The highest BCUT2D eigenvalue weighted by Gasteiger charge is 2.43. The van der Waals surface area contributed by atoms with Crippen LogP contribution in [0.25, 0.3) is 22.0 Å². The molecule has 10 nitrogen and oxygen atoms in total. The summed E-state index contributed by atoms with van der Waals surface area (Å²) in [6.07, 6.45) is 34.0. The number of amides is 2. The summed E-state index contributed by atoms with van der Waals surface area (Å²) in [7, 11) is 0. The molecule has 356 valence electrons. The first-order chi connectivity index (χ1) is 33.1. The van der Waals surface area contributed by atoms with E-state index in [1.165, 1.54) is 0 Å². The van der Waals surface area contributed by atoms with Gasteiger partial charge in [-0.2, -0.15) is 0 Å². The van der Waals surface area contributed by atoms with Gasteiger partial charge in [-0.3, -0.25) is 19.3 Å². The van der Waals surface area contributed by atoms with E-state index >= 15 is 0 Å². The molecule has 2 aliphatic heterocycles. The zero-order valence-corrected chi connectivity index (χ0v) is 40.2. The Balaban J connectivity index is 0.816. The molecule has 7 rings (SSSR count). The Morgan fingerprint density at radius 3 is 2.00 bits per heavy atom. The number of ketones is 1. The first kappa shape index (κ1) is 49.5. The number of carbonyl (C=O) groups is 3. The molecule has 68 heavy (non-hydrogen) atoms. The van der Waals surface area contributed by atoms with Gasteiger partial charge in [-0.15, -0.1) is 0 Å². The average Bonchev–Trinajstić information content (AvgIpc) is 3.71. The van der Waals surface area contributed by atoms with Crippen LogP contribution in [0.2, 0.25) is 0 Å². The minimum absolute atomic E-state index is 0.00655. The van der Waals surface area contributed by atoms with Crippen LogP contribution in [0.4, 0.5) is 10.5 Å². The number of carbonyl (C=O) groups excluding carboxylic acids is 3. The molecule has 3 heterocycles. The summed E-state index contributed by atoms with van der Waals surface area (Å²) >= 11 is 0. The predicted octanol–water partition coefficient (Wildman–Crippen LogP) is 11.4. The molecule has 0 saturated carbocycles. The lowest BCUT2D eigenvalue weighted by Crippen LogP contribution is -2.49. The van der Waals surface area contributed by atoms with Crippen LogP contribution < -0.4 is 15.6 Å².